The number of carbonyl (C=O) groups is 2. The molecule has 4 N–H and O–H groups in total. The molecule has 2 aromatic carbocycles. The highest BCUT2D eigenvalue weighted by Gasteiger charge is 2.72. The maximum absolute atomic E-state index is 13.9. The van der Waals surface area contributed by atoms with Crippen molar-refractivity contribution >= 4 is 17.4 Å². The van der Waals surface area contributed by atoms with Gasteiger partial charge in [0.1, 0.15) is 11.5 Å². The number of nitrogens with zero attached hydrogens (tertiary/aromatic N) is 1. The van der Waals surface area contributed by atoms with Crippen LogP contribution in [-0.2, 0) is 11.3 Å². The van der Waals surface area contributed by atoms with Crippen LogP contribution in [0.2, 0.25) is 0 Å². The van der Waals surface area contributed by atoms with Crippen LogP contribution in [0.15, 0.2) is 54.9 Å². The van der Waals surface area contributed by atoms with E-state index in [-0.39, 0.29) is 28.3 Å². The van der Waals surface area contributed by atoms with Crippen molar-refractivity contribution < 1.29 is 24.2 Å². The number of nitrogens with one attached hydrogen (secondary N) is 1. The molecule has 0 bridgehead atoms. The number of aliphatic hydroxyl groups is 1. The largest absolute Gasteiger partial charge is 0.495 e. The fourth-order valence-corrected chi connectivity index (χ4v) is 4.64. The summed E-state index contributed by atoms with van der Waals surface area (Å²) in [5, 5.41) is 14.7. The van der Waals surface area contributed by atoms with Gasteiger partial charge in [0.2, 0.25) is 11.3 Å². The smallest absolute Gasteiger partial charge is 0.271 e. The van der Waals surface area contributed by atoms with Gasteiger partial charge in [0.25, 0.3) is 11.7 Å². The van der Waals surface area contributed by atoms with Crippen LogP contribution < -0.4 is 20.5 Å². The molecule has 2 atom stereocenters. The summed E-state index contributed by atoms with van der Waals surface area (Å²) in [4.78, 5) is 31.3. The Labute approximate surface area is 190 Å². The summed E-state index contributed by atoms with van der Waals surface area (Å²) >= 11 is 0. The second-order valence-corrected chi connectivity index (χ2v) is 8.57. The highest BCUT2D eigenvalue weighted by atomic mass is 16.6. The third-order valence-electron chi connectivity index (χ3n) is 6.38. The molecule has 2 unspecified atom stereocenters. The molecular weight excluding hydrogens is 422 g/mol. The van der Waals surface area contributed by atoms with E-state index in [0.717, 1.165) is 5.56 Å². The summed E-state index contributed by atoms with van der Waals surface area (Å²) in [6, 6.07) is 11.7. The predicted octanol–water partition coefficient (Wildman–Crippen LogP) is 2.86. The van der Waals surface area contributed by atoms with E-state index >= 15 is 0 Å². The number of benzene rings is 2. The quantitative estimate of drug-likeness (QED) is 0.528. The van der Waals surface area contributed by atoms with E-state index in [4.69, 9.17) is 15.2 Å². The second kappa shape index (κ2) is 7.05. The number of Topliss-reactive ketones (excluding diaryl/α,β-unsaturated/α-hetero) is 1. The second-order valence-electron chi connectivity index (χ2n) is 8.57. The van der Waals surface area contributed by atoms with Crippen LogP contribution in [0.5, 0.6) is 11.5 Å². The number of nitrogen functional groups attached to an aromatic ring is 1. The predicted molar refractivity (Wildman–Crippen MR) is 120 cm³/mol. The van der Waals surface area contributed by atoms with Gasteiger partial charge in [-0.2, -0.15) is 0 Å². The SMILES string of the molecule is COc1cncc(C(=O)NC23C(=O)c4c(N)cccc4C2(O)Oc2cc(C(C)C)ccc23)c1. The van der Waals surface area contributed by atoms with Crippen LogP contribution >= 0.6 is 0 Å². The Morgan fingerprint density at radius 1 is 1.18 bits per heavy atom. The van der Waals surface area contributed by atoms with Gasteiger partial charge in [-0.1, -0.05) is 38.1 Å². The first-order valence-corrected chi connectivity index (χ1v) is 10.5. The van der Waals surface area contributed by atoms with E-state index in [1.807, 2.05) is 19.9 Å². The average Bonchev–Trinajstić information content (AvgIpc) is 3.16. The number of pyridine rings is 1. The molecule has 0 saturated heterocycles. The van der Waals surface area contributed by atoms with E-state index in [0.29, 0.717) is 17.1 Å². The standard InChI is InChI=1S/C25H23N3O5/c1-13(2)14-7-8-17-20(10-14)33-25(31)18-5-4-6-19(26)21(18)22(29)24(17,25)28-23(30)15-9-16(32-3)12-27-11-15/h4-13,31H,26H2,1-3H3,(H,28,30). The molecule has 168 valence electrons. The van der Waals surface area contributed by atoms with Gasteiger partial charge >= 0.3 is 0 Å². The summed E-state index contributed by atoms with van der Waals surface area (Å²) in [6.45, 7) is 4.06. The molecule has 0 fully saturated rings. The fourth-order valence-electron chi connectivity index (χ4n) is 4.64. The minimum Gasteiger partial charge on any atom is -0.495 e. The molecule has 1 aromatic heterocycles. The first-order chi connectivity index (χ1) is 15.7. The van der Waals surface area contributed by atoms with Crippen molar-refractivity contribution in [3.63, 3.8) is 0 Å². The normalized spacial score (nSPS) is 22.4. The number of ether oxygens (including phenoxy) is 2. The lowest BCUT2D eigenvalue weighted by Gasteiger charge is -2.34. The van der Waals surface area contributed by atoms with Crippen molar-refractivity contribution in [3.05, 3.63) is 82.7 Å². The maximum atomic E-state index is 13.9. The summed E-state index contributed by atoms with van der Waals surface area (Å²) in [6.07, 6.45) is 2.82. The van der Waals surface area contributed by atoms with Crippen LogP contribution in [0, 0.1) is 0 Å². The molecule has 2 heterocycles. The molecule has 0 saturated carbocycles. The number of nitrogens with two attached hydrogens (primary N) is 1. The first kappa shape index (κ1) is 21.0. The summed E-state index contributed by atoms with van der Waals surface area (Å²) in [7, 11) is 1.46. The van der Waals surface area contributed by atoms with Crippen LogP contribution in [0.25, 0.3) is 0 Å². The van der Waals surface area contributed by atoms with Crippen LogP contribution in [0.4, 0.5) is 5.69 Å². The van der Waals surface area contributed by atoms with Gasteiger partial charge in [0, 0.05) is 23.0 Å². The monoisotopic (exact) mass is 445 g/mol. The van der Waals surface area contributed by atoms with Gasteiger partial charge in [-0.05, 0) is 29.7 Å². The van der Waals surface area contributed by atoms with Gasteiger partial charge in [-0.25, -0.2) is 0 Å². The van der Waals surface area contributed by atoms with E-state index in [2.05, 4.69) is 10.3 Å². The topological polar surface area (TPSA) is 124 Å². The van der Waals surface area contributed by atoms with E-state index < -0.39 is 23.0 Å². The van der Waals surface area contributed by atoms with E-state index in [1.165, 1.54) is 25.6 Å². The van der Waals surface area contributed by atoms with Gasteiger partial charge < -0.3 is 25.6 Å². The van der Waals surface area contributed by atoms with Crippen LogP contribution in [0.1, 0.15) is 57.2 Å². The highest BCUT2D eigenvalue weighted by Crippen LogP contribution is 2.59. The molecule has 1 aliphatic heterocycles. The Bertz CT molecular complexity index is 1320. The number of amides is 1. The number of hydrogen-bond acceptors (Lipinski definition) is 7. The van der Waals surface area contributed by atoms with Crippen LogP contribution in [-0.4, -0.2) is 28.9 Å². The lowest BCUT2D eigenvalue weighted by atomic mass is 9.82. The highest BCUT2D eigenvalue weighted by molar-refractivity contribution is 6.16. The molecule has 5 rings (SSSR count). The zero-order valence-electron chi connectivity index (χ0n) is 18.4. The van der Waals surface area contributed by atoms with Crippen molar-refractivity contribution in [1.82, 2.24) is 10.3 Å². The molecule has 1 amide bonds. The molecule has 33 heavy (non-hydrogen) atoms. The number of hydrogen-bond donors (Lipinski definition) is 3. The molecule has 8 nitrogen and oxygen atoms in total. The summed E-state index contributed by atoms with van der Waals surface area (Å²) in [5.74, 6) is -2.43. The fraction of sp³-hybridized carbons (Fsp3) is 0.240. The minimum absolute atomic E-state index is 0.127. The zero-order chi connectivity index (χ0) is 23.5. The minimum atomic E-state index is -2.17. The number of fused-ring (bicyclic) bond motifs is 5. The Kier molecular flexibility index (Phi) is 4.48. The Morgan fingerprint density at radius 3 is 2.70 bits per heavy atom. The van der Waals surface area contributed by atoms with Gasteiger partial charge in [-0.15, -0.1) is 0 Å². The Hall–Kier alpha value is -3.91. The summed E-state index contributed by atoms with van der Waals surface area (Å²) < 4.78 is 11.2. The third-order valence-corrected chi connectivity index (χ3v) is 6.38. The maximum Gasteiger partial charge on any atom is 0.271 e. The van der Waals surface area contributed by atoms with Gasteiger partial charge in [-0.3, -0.25) is 14.6 Å². The molecule has 1 aliphatic carbocycles. The number of aromatic nitrogens is 1. The Balaban J connectivity index is 1.71. The number of rotatable bonds is 4. The van der Waals surface area contributed by atoms with Crippen molar-refractivity contribution in [2.45, 2.75) is 31.1 Å². The van der Waals surface area contributed by atoms with Gasteiger partial charge in [0.05, 0.1) is 24.4 Å². The van der Waals surface area contributed by atoms with Crippen molar-refractivity contribution in [2.75, 3.05) is 12.8 Å². The van der Waals surface area contributed by atoms with Crippen molar-refractivity contribution in [1.29, 1.82) is 0 Å². The first-order valence-electron chi connectivity index (χ1n) is 10.5. The van der Waals surface area contributed by atoms with E-state index in [9.17, 15) is 14.7 Å². The lowest BCUT2D eigenvalue weighted by molar-refractivity contribution is -0.169. The molecule has 3 aromatic rings. The molecule has 0 radical (unpaired) electrons. The number of ketones is 1. The number of methoxy groups -OCH3 is 1. The molecule has 0 spiro atoms. The van der Waals surface area contributed by atoms with E-state index in [1.54, 1.807) is 30.3 Å². The molecular formula is C25H23N3O5. The molecule has 8 heteroatoms. The zero-order valence-corrected chi connectivity index (χ0v) is 18.4. The lowest BCUT2D eigenvalue weighted by Crippen LogP contribution is -2.60. The summed E-state index contributed by atoms with van der Waals surface area (Å²) in [5.41, 5.74) is 6.22. The molecule has 2 aliphatic rings. The van der Waals surface area contributed by atoms with Crippen molar-refractivity contribution in [3.8, 4) is 11.5 Å². The number of carbonyl (C=O) groups excluding carboxylic acids is 2. The third kappa shape index (κ3) is 2.70. The van der Waals surface area contributed by atoms with Gasteiger partial charge in [0.15, 0.2) is 0 Å². The van der Waals surface area contributed by atoms with Crippen LogP contribution in [0.3, 0.4) is 0 Å². The van der Waals surface area contributed by atoms with Crippen molar-refractivity contribution in [2.24, 2.45) is 0 Å². The average molecular weight is 445 g/mol. The number of anilines is 1. The Morgan fingerprint density at radius 2 is 1.97 bits per heavy atom.